The molecule has 0 aromatic rings. The molecule has 4 heteroatoms. The fourth-order valence-electron chi connectivity index (χ4n) is 2.21. The maximum absolute atomic E-state index is 12.0. The van der Waals surface area contributed by atoms with E-state index in [9.17, 15) is 4.79 Å². The highest BCUT2D eigenvalue weighted by Gasteiger charge is 2.41. The second kappa shape index (κ2) is 5.06. The van der Waals surface area contributed by atoms with Crippen LogP contribution in [0.4, 0.5) is 0 Å². The van der Waals surface area contributed by atoms with Crippen LogP contribution < -0.4 is 0 Å². The molecule has 0 bridgehead atoms. The van der Waals surface area contributed by atoms with Gasteiger partial charge in [-0.2, -0.15) is 0 Å². The second-order valence-electron chi connectivity index (χ2n) is 7.28. The number of hydrogen-bond acceptors (Lipinski definition) is 3. The molecule has 2 aliphatic rings. The molecule has 3 nitrogen and oxygen atoms in total. The molecule has 0 radical (unpaired) electrons. The SMILES string of the molecule is C[C@@H]1OC2=C(C=C1O[Si](C)(C)C(C)(C)C)C(=O)CCC2. The van der Waals surface area contributed by atoms with Crippen LogP contribution in [0.3, 0.4) is 0 Å². The van der Waals surface area contributed by atoms with Gasteiger partial charge >= 0.3 is 0 Å². The van der Waals surface area contributed by atoms with Crippen molar-refractivity contribution in [3.8, 4) is 0 Å². The standard InChI is InChI=1S/C16H26O3Si/c1-11-15(19-20(5,6)16(2,3)4)10-12-13(17)8-7-9-14(12)18-11/h10-11H,7-9H2,1-6H3/t11-/m0/s1. The Morgan fingerprint density at radius 2 is 1.95 bits per heavy atom. The summed E-state index contributed by atoms with van der Waals surface area (Å²) in [4.78, 5) is 12.0. The van der Waals surface area contributed by atoms with Gasteiger partial charge in [0.1, 0.15) is 11.5 Å². The molecule has 1 atom stereocenters. The third-order valence-corrected chi connectivity index (χ3v) is 8.95. The minimum absolute atomic E-state index is 0.0891. The number of ketones is 1. The fourth-order valence-corrected chi connectivity index (χ4v) is 3.33. The molecule has 1 aliphatic heterocycles. The monoisotopic (exact) mass is 294 g/mol. The van der Waals surface area contributed by atoms with E-state index in [0.717, 1.165) is 29.9 Å². The predicted molar refractivity (Wildman–Crippen MR) is 82.8 cm³/mol. The molecule has 1 aliphatic carbocycles. The number of Topliss-reactive ketones (excluding diaryl/α,β-unsaturated/α-hetero) is 1. The third kappa shape index (κ3) is 2.85. The summed E-state index contributed by atoms with van der Waals surface area (Å²) < 4.78 is 12.3. The van der Waals surface area contributed by atoms with Gasteiger partial charge in [0.2, 0.25) is 8.32 Å². The van der Waals surface area contributed by atoms with Crippen LogP contribution in [0, 0.1) is 0 Å². The zero-order chi connectivity index (χ0) is 15.1. The highest BCUT2D eigenvalue weighted by atomic mass is 28.4. The molecule has 112 valence electrons. The van der Waals surface area contributed by atoms with Crippen LogP contribution in [0.1, 0.15) is 47.0 Å². The summed E-state index contributed by atoms with van der Waals surface area (Å²) in [7, 11) is -1.89. The number of allylic oxidation sites excluding steroid dienone is 3. The lowest BCUT2D eigenvalue weighted by Gasteiger charge is -2.40. The normalized spacial score (nSPS) is 24.0. The van der Waals surface area contributed by atoms with Crippen molar-refractivity contribution in [3.05, 3.63) is 23.2 Å². The second-order valence-corrected chi connectivity index (χ2v) is 12.0. The number of hydrogen-bond donors (Lipinski definition) is 0. The van der Waals surface area contributed by atoms with Gasteiger partial charge in [-0.3, -0.25) is 4.79 Å². The molecular weight excluding hydrogens is 268 g/mol. The zero-order valence-electron chi connectivity index (χ0n) is 13.5. The van der Waals surface area contributed by atoms with Crippen molar-refractivity contribution in [2.75, 3.05) is 0 Å². The smallest absolute Gasteiger partial charge is 0.250 e. The van der Waals surface area contributed by atoms with Gasteiger partial charge in [-0.25, -0.2) is 0 Å². The molecule has 0 saturated carbocycles. The Morgan fingerprint density at radius 3 is 2.55 bits per heavy atom. The van der Waals surface area contributed by atoms with Crippen LogP contribution in [0.5, 0.6) is 0 Å². The van der Waals surface area contributed by atoms with Crippen LogP contribution in [0.25, 0.3) is 0 Å². The van der Waals surface area contributed by atoms with Crippen LogP contribution >= 0.6 is 0 Å². The maximum atomic E-state index is 12.0. The van der Waals surface area contributed by atoms with E-state index >= 15 is 0 Å². The lowest BCUT2D eigenvalue weighted by Crippen LogP contribution is -2.42. The van der Waals surface area contributed by atoms with Crippen LogP contribution in [-0.4, -0.2) is 20.2 Å². The number of rotatable bonds is 2. The van der Waals surface area contributed by atoms with E-state index in [1.54, 1.807) is 0 Å². The van der Waals surface area contributed by atoms with E-state index in [-0.39, 0.29) is 16.9 Å². The molecule has 0 N–H and O–H groups in total. The van der Waals surface area contributed by atoms with Crippen molar-refractivity contribution in [3.63, 3.8) is 0 Å². The van der Waals surface area contributed by atoms with Crippen molar-refractivity contribution in [1.29, 1.82) is 0 Å². The Morgan fingerprint density at radius 1 is 1.30 bits per heavy atom. The van der Waals surface area contributed by atoms with Gasteiger partial charge in [0.25, 0.3) is 0 Å². The summed E-state index contributed by atoms with van der Waals surface area (Å²) in [6.45, 7) is 13.1. The minimum atomic E-state index is -1.89. The lowest BCUT2D eigenvalue weighted by atomic mass is 9.93. The summed E-state index contributed by atoms with van der Waals surface area (Å²) in [6, 6.07) is 0. The Balaban J connectivity index is 2.28. The van der Waals surface area contributed by atoms with E-state index in [0.29, 0.717) is 6.42 Å². The van der Waals surface area contributed by atoms with Crippen molar-refractivity contribution < 1.29 is 14.0 Å². The van der Waals surface area contributed by atoms with E-state index < -0.39 is 8.32 Å². The van der Waals surface area contributed by atoms with E-state index in [4.69, 9.17) is 9.16 Å². The van der Waals surface area contributed by atoms with Crippen LogP contribution in [-0.2, 0) is 14.0 Å². The molecule has 0 saturated heterocycles. The fraction of sp³-hybridized carbons (Fsp3) is 0.688. The van der Waals surface area contributed by atoms with Crippen molar-refractivity contribution in [1.82, 2.24) is 0 Å². The van der Waals surface area contributed by atoms with Gasteiger partial charge in [-0.15, -0.1) is 0 Å². The summed E-state index contributed by atoms with van der Waals surface area (Å²) in [5, 5.41) is 0.138. The summed E-state index contributed by atoms with van der Waals surface area (Å²) in [5.41, 5.74) is 0.739. The topological polar surface area (TPSA) is 35.5 Å². The predicted octanol–water partition coefficient (Wildman–Crippen LogP) is 4.32. The molecule has 0 aromatic carbocycles. The highest BCUT2D eigenvalue weighted by molar-refractivity contribution is 6.74. The van der Waals surface area contributed by atoms with E-state index in [1.807, 2.05) is 13.0 Å². The van der Waals surface area contributed by atoms with Crippen molar-refractivity contribution in [2.24, 2.45) is 0 Å². The number of carbonyl (C=O) groups is 1. The largest absolute Gasteiger partial charge is 0.544 e. The maximum Gasteiger partial charge on any atom is 0.250 e. The van der Waals surface area contributed by atoms with Gasteiger partial charge in [-0.1, -0.05) is 20.8 Å². The highest BCUT2D eigenvalue weighted by Crippen LogP contribution is 2.40. The Labute approximate surface area is 123 Å². The molecule has 0 spiro atoms. The molecule has 0 amide bonds. The first kappa shape index (κ1) is 15.4. The van der Waals surface area contributed by atoms with Gasteiger partial charge in [0, 0.05) is 12.8 Å². The van der Waals surface area contributed by atoms with Crippen molar-refractivity contribution >= 4 is 14.1 Å². The average molecular weight is 294 g/mol. The van der Waals surface area contributed by atoms with E-state index in [2.05, 4.69) is 33.9 Å². The summed E-state index contributed by atoms with van der Waals surface area (Å²) in [5.74, 6) is 1.87. The zero-order valence-corrected chi connectivity index (χ0v) is 14.5. The van der Waals surface area contributed by atoms with Crippen LogP contribution in [0.2, 0.25) is 18.1 Å². The Kier molecular flexibility index (Phi) is 3.89. The molecule has 1 heterocycles. The quantitative estimate of drug-likeness (QED) is 0.712. The summed E-state index contributed by atoms with van der Waals surface area (Å²) >= 11 is 0. The molecule has 0 aromatic heterocycles. The third-order valence-electron chi connectivity index (χ3n) is 4.59. The number of carbonyl (C=O) groups excluding carboxylic acids is 1. The first-order valence-electron chi connectivity index (χ1n) is 7.45. The van der Waals surface area contributed by atoms with Gasteiger partial charge < -0.3 is 9.16 Å². The van der Waals surface area contributed by atoms with Crippen LogP contribution in [0.15, 0.2) is 23.2 Å². The van der Waals surface area contributed by atoms with Crippen molar-refractivity contribution in [2.45, 2.75) is 71.2 Å². The molecule has 0 unspecified atom stereocenters. The minimum Gasteiger partial charge on any atom is -0.544 e. The Hall–Kier alpha value is -1.03. The molecule has 20 heavy (non-hydrogen) atoms. The number of ether oxygens (including phenoxy) is 1. The van der Waals surface area contributed by atoms with E-state index in [1.165, 1.54) is 0 Å². The summed E-state index contributed by atoms with van der Waals surface area (Å²) in [6.07, 6.45) is 4.24. The average Bonchev–Trinajstić information content (AvgIpc) is 2.29. The Bertz CT molecular complexity index is 480. The molecule has 0 fully saturated rings. The van der Waals surface area contributed by atoms with Gasteiger partial charge in [0.05, 0.1) is 5.57 Å². The first-order valence-corrected chi connectivity index (χ1v) is 10.4. The van der Waals surface area contributed by atoms with Gasteiger partial charge in [0.15, 0.2) is 11.9 Å². The lowest BCUT2D eigenvalue weighted by molar-refractivity contribution is -0.116. The molecular formula is C16H26O3Si. The first-order chi connectivity index (χ1) is 9.12. The van der Waals surface area contributed by atoms with Gasteiger partial charge in [-0.05, 0) is 37.6 Å². The molecule has 2 rings (SSSR count).